The average Bonchev–Trinajstić information content (AvgIpc) is 2.81. The van der Waals surface area contributed by atoms with Crippen LogP contribution in [0.1, 0.15) is 11.3 Å². The van der Waals surface area contributed by atoms with Gasteiger partial charge in [-0.05, 0) is 31.0 Å². The van der Waals surface area contributed by atoms with E-state index in [2.05, 4.69) is 22.4 Å². The molecule has 0 aliphatic carbocycles. The fraction of sp³-hybridized carbons (Fsp3) is 0.188. The van der Waals surface area contributed by atoms with Gasteiger partial charge in [0.05, 0.1) is 0 Å². The number of fused-ring (bicyclic) bond motifs is 1. The maximum Gasteiger partial charge on any atom is 0.337 e. The summed E-state index contributed by atoms with van der Waals surface area (Å²) in [5, 5.41) is 4.50. The highest BCUT2D eigenvalue weighted by Gasteiger charge is 2.03. The van der Waals surface area contributed by atoms with Gasteiger partial charge in [0.2, 0.25) is 0 Å². The van der Waals surface area contributed by atoms with E-state index in [1.165, 1.54) is 17.0 Å². The van der Waals surface area contributed by atoms with Gasteiger partial charge >= 0.3 is 5.63 Å². The normalized spacial score (nSPS) is 10.8. The van der Waals surface area contributed by atoms with Gasteiger partial charge < -0.3 is 14.7 Å². The zero-order chi connectivity index (χ0) is 13.9. The van der Waals surface area contributed by atoms with Crippen molar-refractivity contribution in [3.05, 3.63) is 64.3 Å². The highest BCUT2D eigenvalue weighted by atomic mass is 16.4. The molecule has 0 unspecified atom stereocenters. The van der Waals surface area contributed by atoms with Gasteiger partial charge in [-0.2, -0.15) is 0 Å². The second kappa shape index (κ2) is 5.25. The van der Waals surface area contributed by atoms with E-state index in [9.17, 15) is 4.79 Å². The van der Waals surface area contributed by atoms with Gasteiger partial charge in [-0.1, -0.05) is 18.2 Å². The van der Waals surface area contributed by atoms with Crippen molar-refractivity contribution in [2.24, 2.45) is 0 Å². The first-order valence-corrected chi connectivity index (χ1v) is 6.63. The van der Waals surface area contributed by atoms with Crippen LogP contribution in [-0.2, 0) is 6.42 Å². The molecule has 3 aromatic rings. The molecule has 0 bridgehead atoms. The molecular weight excluding hydrogens is 252 g/mol. The van der Waals surface area contributed by atoms with Crippen LogP contribution in [0.3, 0.4) is 0 Å². The molecule has 0 saturated carbocycles. The van der Waals surface area contributed by atoms with E-state index in [4.69, 9.17) is 4.42 Å². The molecule has 0 amide bonds. The Kier molecular flexibility index (Phi) is 3.29. The number of aryl methyl sites for hydroxylation is 1. The number of rotatable bonds is 4. The van der Waals surface area contributed by atoms with Crippen LogP contribution >= 0.6 is 0 Å². The van der Waals surface area contributed by atoms with Crippen LogP contribution in [0.15, 0.2) is 51.8 Å². The predicted molar refractivity (Wildman–Crippen MR) is 80.2 cm³/mol. The van der Waals surface area contributed by atoms with E-state index < -0.39 is 0 Å². The third-order valence-corrected chi connectivity index (χ3v) is 3.29. The first-order chi connectivity index (χ1) is 9.72. The minimum absolute atomic E-state index is 0.320. The van der Waals surface area contributed by atoms with E-state index in [1.54, 1.807) is 6.92 Å². The first kappa shape index (κ1) is 12.5. The molecule has 0 radical (unpaired) electrons. The van der Waals surface area contributed by atoms with Gasteiger partial charge in [-0.15, -0.1) is 0 Å². The molecule has 2 aromatic heterocycles. The van der Waals surface area contributed by atoms with E-state index in [1.807, 2.05) is 24.4 Å². The molecule has 20 heavy (non-hydrogen) atoms. The number of para-hydroxylation sites is 1. The fourth-order valence-corrected chi connectivity index (χ4v) is 2.39. The van der Waals surface area contributed by atoms with Crippen LogP contribution in [0.2, 0.25) is 0 Å². The maximum atomic E-state index is 11.3. The molecular formula is C16H16N2O2. The minimum Gasteiger partial charge on any atom is -0.428 e. The molecule has 102 valence electrons. The SMILES string of the molecule is Cc1cc(NCCc2c[nH]c3ccccc23)cc(=O)o1. The van der Waals surface area contributed by atoms with Crippen LogP contribution in [0.25, 0.3) is 10.9 Å². The number of H-pyrrole nitrogens is 1. The molecule has 0 atom stereocenters. The molecule has 2 heterocycles. The Morgan fingerprint density at radius 3 is 2.95 bits per heavy atom. The highest BCUT2D eigenvalue weighted by molar-refractivity contribution is 5.83. The summed E-state index contributed by atoms with van der Waals surface area (Å²) in [6, 6.07) is 11.5. The van der Waals surface area contributed by atoms with E-state index >= 15 is 0 Å². The number of nitrogens with one attached hydrogen (secondary N) is 2. The Labute approximate surface area is 116 Å². The van der Waals surface area contributed by atoms with Crippen molar-refractivity contribution in [3.8, 4) is 0 Å². The minimum atomic E-state index is -0.320. The van der Waals surface area contributed by atoms with Crippen LogP contribution in [0, 0.1) is 6.92 Å². The van der Waals surface area contributed by atoms with E-state index in [0.29, 0.717) is 5.76 Å². The van der Waals surface area contributed by atoms with Crippen molar-refractivity contribution in [1.82, 2.24) is 4.98 Å². The van der Waals surface area contributed by atoms with Crippen LogP contribution in [0.4, 0.5) is 5.69 Å². The third kappa shape index (κ3) is 2.59. The smallest absolute Gasteiger partial charge is 0.337 e. The fourth-order valence-electron chi connectivity index (χ4n) is 2.39. The third-order valence-electron chi connectivity index (χ3n) is 3.29. The lowest BCUT2D eigenvalue weighted by molar-refractivity contribution is 0.481. The molecule has 0 spiro atoms. The quantitative estimate of drug-likeness (QED) is 0.764. The Morgan fingerprint density at radius 2 is 2.10 bits per heavy atom. The molecule has 1 aromatic carbocycles. The Morgan fingerprint density at radius 1 is 1.25 bits per heavy atom. The molecule has 0 saturated heterocycles. The number of benzene rings is 1. The van der Waals surface area contributed by atoms with Crippen molar-refractivity contribution < 1.29 is 4.42 Å². The van der Waals surface area contributed by atoms with Gasteiger partial charge in [0.25, 0.3) is 0 Å². The zero-order valence-corrected chi connectivity index (χ0v) is 11.3. The molecule has 0 fully saturated rings. The second-order valence-electron chi connectivity index (χ2n) is 4.81. The summed E-state index contributed by atoms with van der Waals surface area (Å²) in [6.45, 7) is 2.54. The summed E-state index contributed by atoms with van der Waals surface area (Å²) in [6.07, 6.45) is 2.93. The summed E-state index contributed by atoms with van der Waals surface area (Å²) >= 11 is 0. The summed E-state index contributed by atoms with van der Waals surface area (Å²) < 4.78 is 4.93. The number of hydrogen-bond acceptors (Lipinski definition) is 3. The molecule has 0 aliphatic heterocycles. The van der Waals surface area contributed by atoms with Crippen LogP contribution in [-0.4, -0.2) is 11.5 Å². The summed E-state index contributed by atoms with van der Waals surface area (Å²) in [5.41, 5.74) is 2.91. The highest BCUT2D eigenvalue weighted by Crippen LogP contribution is 2.18. The van der Waals surface area contributed by atoms with Crippen molar-refractivity contribution in [1.29, 1.82) is 0 Å². The molecule has 4 nitrogen and oxygen atoms in total. The summed E-state index contributed by atoms with van der Waals surface area (Å²) in [5.74, 6) is 0.618. The predicted octanol–water partition coefficient (Wildman–Crippen LogP) is 3.08. The Balaban J connectivity index is 1.69. The van der Waals surface area contributed by atoms with Crippen LogP contribution in [0.5, 0.6) is 0 Å². The number of aromatic amines is 1. The van der Waals surface area contributed by atoms with E-state index in [-0.39, 0.29) is 5.63 Å². The lowest BCUT2D eigenvalue weighted by Gasteiger charge is -2.05. The summed E-state index contributed by atoms with van der Waals surface area (Å²) in [7, 11) is 0. The Bertz CT molecular complexity index is 786. The van der Waals surface area contributed by atoms with Gasteiger partial charge in [0.1, 0.15) is 5.76 Å². The molecule has 4 heteroatoms. The van der Waals surface area contributed by atoms with Gasteiger partial charge in [-0.3, -0.25) is 0 Å². The lowest BCUT2D eigenvalue weighted by atomic mass is 10.1. The number of aromatic nitrogens is 1. The average molecular weight is 268 g/mol. The topological polar surface area (TPSA) is 58.0 Å². The Hall–Kier alpha value is -2.49. The van der Waals surface area contributed by atoms with Crippen molar-refractivity contribution in [2.75, 3.05) is 11.9 Å². The summed E-state index contributed by atoms with van der Waals surface area (Å²) in [4.78, 5) is 14.5. The number of hydrogen-bond donors (Lipinski definition) is 2. The largest absolute Gasteiger partial charge is 0.428 e. The monoisotopic (exact) mass is 268 g/mol. The zero-order valence-electron chi connectivity index (χ0n) is 11.3. The first-order valence-electron chi connectivity index (χ1n) is 6.63. The van der Waals surface area contributed by atoms with Crippen LogP contribution < -0.4 is 10.9 Å². The standard InChI is InChI=1S/C16H16N2O2/c1-11-8-13(9-16(19)20-11)17-7-6-12-10-18-15-5-3-2-4-14(12)15/h2-5,8-10,17-18H,6-7H2,1H3. The lowest BCUT2D eigenvalue weighted by Crippen LogP contribution is -2.08. The van der Waals surface area contributed by atoms with Crippen molar-refractivity contribution in [3.63, 3.8) is 0 Å². The molecule has 2 N–H and O–H groups in total. The van der Waals surface area contributed by atoms with E-state index in [0.717, 1.165) is 24.2 Å². The van der Waals surface area contributed by atoms with Gasteiger partial charge in [0, 0.05) is 35.4 Å². The second-order valence-corrected chi connectivity index (χ2v) is 4.81. The van der Waals surface area contributed by atoms with Crippen molar-refractivity contribution >= 4 is 16.6 Å². The maximum absolute atomic E-state index is 11.3. The number of anilines is 1. The van der Waals surface area contributed by atoms with Gasteiger partial charge in [0.15, 0.2) is 0 Å². The molecule has 3 rings (SSSR count). The molecule has 0 aliphatic rings. The van der Waals surface area contributed by atoms with Crippen molar-refractivity contribution in [2.45, 2.75) is 13.3 Å². The van der Waals surface area contributed by atoms with Gasteiger partial charge in [-0.25, -0.2) is 4.79 Å².